The lowest BCUT2D eigenvalue weighted by atomic mass is 10.2. The second-order valence-corrected chi connectivity index (χ2v) is 11.1. The van der Waals surface area contributed by atoms with Gasteiger partial charge in [-0.15, -0.1) is 10.2 Å². The Balaban J connectivity index is 2.04. The highest BCUT2D eigenvalue weighted by Gasteiger charge is 2.21. The molecule has 0 aliphatic rings. The molecule has 0 radical (unpaired) electrons. The van der Waals surface area contributed by atoms with Gasteiger partial charge >= 0.3 is 0 Å². The van der Waals surface area contributed by atoms with Crippen LogP contribution in [0, 0.1) is 6.92 Å². The van der Waals surface area contributed by atoms with Crippen LogP contribution in [-0.4, -0.2) is 59.3 Å². The molecule has 0 saturated heterocycles. The van der Waals surface area contributed by atoms with Crippen LogP contribution in [0.25, 0.3) is 17.1 Å². The molecule has 0 spiro atoms. The summed E-state index contributed by atoms with van der Waals surface area (Å²) in [4.78, 5) is 12.5. The third kappa shape index (κ3) is 5.82. The van der Waals surface area contributed by atoms with E-state index in [2.05, 4.69) is 15.5 Å². The molecule has 33 heavy (non-hydrogen) atoms. The van der Waals surface area contributed by atoms with Gasteiger partial charge in [0.1, 0.15) is 0 Å². The Morgan fingerprint density at radius 1 is 1.15 bits per heavy atom. The first-order chi connectivity index (χ1) is 15.6. The van der Waals surface area contributed by atoms with Gasteiger partial charge in [-0.05, 0) is 50.1 Å². The van der Waals surface area contributed by atoms with Crippen LogP contribution in [0.1, 0.15) is 25.8 Å². The molecule has 0 bridgehead atoms. The number of aryl methyl sites for hydroxylation is 1. The van der Waals surface area contributed by atoms with Gasteiger partial charge in [0, 0.05) is 31.4 Å². The minimum absolute atomic E-state index is 0.0752. The molecule has 3 rings (SSSR count). The van der Waals surface area contributed by atoms with Crippen molar-refractivity contribution in [3.05, 3.63) is 54.1 Å². The molecule has 1 N–H and O–H groups in total. The molecule has 0 aliphatic heterocycles. The maximum Gasteiger partial charge on any atom is 0.242 e. The van der Waals surface area contributed by atoms with Gasteiger partial charge in [-0.3, -0.25) is 9.36 Å². The number of benzene rings is 2. The van der Waals surface area contributed by atoms with E-state index in [1.54, 1.807) is 24.3 Å². The Morgan fingerprint density at radius 3 is 2.55 bits per heavy atom. The lowest BCUT2D eigenvalue weighted by Crippen LogP contribution is -2.33. The summed E-state index contributed by atoms with van der Waals surface area (Å²) < 4.78 is 28.3. The van der Waals surface area contributed by atoms with Crippen molar-refractivity contribution in [2.24, 2.45) is 0 Å². The number of hydrogen-bond acceptors (Lipinski definition) is 6. The van der Waals surface area contributed by atoms with Crippen molar-refractivity contribution in [2.45, 2.75) is 43.3 Å². The van der Waals surface area contributed by atoms with Crippen molar-refractivity contribution in [1.29, 1.82) is 0 Å². The second-order valence-electron chi connectivity index (χ2n) is 7.96. The van der Waals surface area contributed by atoms with Crippen LogP contribution < -0.4 is 5.32 Å². The molecule has 10 heteroatoms. The lowest BCUT2D eigenvalue weighted by molar-refractivity contribution is -0.119. The number of carbonyl (C=O) groups excluding carboxylic acids is 1. The highest BCUT2D eigenvalue weighted by molar-refractivity contribution is 7.99. The molecule has 0 unspecified atom stereocenters. The Morgan fingerprint density at radius 2 is 1.88 bits per heavy atom. The fourth-order valence-corrected chi connectivity index (χ4v) is 4.82. The highest BCUT2D eigenvalue weighted by atomic mass is 32.2. The fourth-order valence-electron chi connectivity index (χ4n) is 3.11. The van der Waals surface area contributed by atoms with Gasteiger partial charge in [0.15, 0.2) is 11.0 Å². The standard InChI is InChI=1S/C23H29N5O3S2/c1-6-17(3)24-21(29)15-32-23-26-25-22(28(23)19-11-7-9-16(2)13-19)18-10-8-12-20(14-18)33(30,31)27(4)5/h7-14,17H,6,15H2,1-5H3,(H,24,29)/t17-/m1/s1. The minimum atomic E-state index is -3.60. The van der Waals surface area contributed by atoms with Crippen LogP contribution in [0.4, 0.5) is 0 Å². The van der Waals surface area contributed by atoms with Crippen LogP contribution in [-0.2, 0) is 14.8 Å². The van der Waals surface area contributed by atoms with Crippen LogP contribution in [0.3, 0.4) is 0 Å². The van der Waals surface area contributed by atoms with E-state index in [0.29, 0.717) is 16.5 Å². The summed E-state index contributed by atoms with van der Waals surface area (Å²) in [5.41, 5.74) is 2.50. The van der Waals surface area contributed by atoms with Crippen molar-refractivity contribution in [3.8, 4) is 17.1 Å². The Hall–Kier alpha value is -2.69. The number of nitrogens with zero attached hydrogens (tertiary/aromatic N) is 4. The first kappa shape index (κ1) is 24.9. The summed E-state index contributed by atoms with van der Waals surface area (Å²) in [7, 11) is -0.610. The van der Waals surface area contributed by atoms with Gasteiger partial charge in [-0.1, -0.05) is 43.0 Å². The van der Waals surface area contributed by atoms with Crippen molar-refractivity contribution in [3.63, 3.8) is 0 Å². The largest absolute Gasteiger partial charge is 0.353 e. The number of hydrogen-bond donors (Lipinski definition) is 1. The maximum atomic E-state index is 12.6. The molecule has 8 nitrogen and oxygen atoms in total. The van der Waals surface area contributed by atoms with Gasteiger partial charge in [0.05, 0.1) is 10.6 Å². The molecular weight excluding hydrogens is 458 g/mol. The Bertz CT molecular complexity index is 1240. The number of rotatable bonds is 9. The molecule has 1 aromatic heterocycles. The average molecular weight is 488 g/mol. The van der Waals surface area contributed by atoms with Crippen LogP contribution in [0.5, 0.6) is 0 Å². The molecule has 2 aromatic carbocycles. The predicted octanol–water partition coefficient (Wildman–Crippen LogP) is 3.50. The van der Waals surface area contributed by atoms with E-state index in [9.17, 15) is 13.2 Å². The smallest absolute Gasteiger partial charge is 0.242 e. The summed E-state index contributed by atoms with van der Waals surface area (Å²) in [6, 6.07) is 14.6. The molecule has 3 aromatic rings. The zero-order chi connectivity index (χ0) is 24.2. The van der Waals surface area contributed by atoms with E-state index in [4.69, 9.17) is 0 Å². The predicted molar refractivity (Wildman–Crippen MR) is 131 cm³/mol. The van der Waals surface area contributed by atoms with Crippen molar-refractivity contribution in [1.82, 2.24) is 24.4 Å². The van der Waals surface area contributed by atoms with E-state index in [0.717, 1.165) is 17.7 Å². The third-order valence-corrected chi connectivity index (χ3v) is 7.86. The summed E-state index contributed by atoms with van der Waals surface area (Å²) in [5, 5.41) is 12.2. The van der Waals surface area contributed by atoms with Gasteiger partial charge in [0.2, 0.25) is 15.9 Å². The molecule has 176 valence electrons. The number of nitrogens with one attached hydrogen (secondary N) is 1. The topological polar surface area (TPSA) is 97.2 Å². The summed E-state index contributed by atoms with van der Waals surface area (Å²) in [6.07, 6.45) is 0.853. The van der Waals surface area contributed by atoms with E-state index >= 15 is 0 Å². The number of sulfonamides is 1. The average Bonchev–Trinajstić information content (AvgIpc) is 3.21. The maximum absolute atomic E-state index is 12.6. The minimum Gasteiger partial charge on any atom is -0.353 e. The van der Waals surface area contributed by atoms with Crippen molar-refractivity contribution in [2.75, 3.05) is 19.8 Å². The van der Waals surface area contributed by atoms with E-state index < -0.39 is 10.0 Å². The van der Waals surface area contributed by atoms with Crippen LogP contribution >= 0.6 is 11.8 Å². The number of thioether (sulfide) groups is 1. The second kappa shape index (κ2) is 10.5. The third-order valence-electron chi connectivity index (χ3n) is 5.12. The number of carbonyl (C=O) groups is 1. The number of aromatic nitrogens is 3. The van der Waals surface area contributed by atoms with Crippen molar-refractivity contribution >= 4 is 27.7 Å². The van der Waals surface area contributed by atoms with E-state index in [-0.39, 0.29) is 22.6 Å². The summed E-state index contributed by atoms with van der Waals surface area (Å²) >= 11 is 1.29. The molecule has 1 amide bonds. The summed E-state index contributed by atoms with van der Waals surface area (Å²) in [5.74, 6) is 0.624. The molecule has 1 atom stereocenters. The highest BCUT2D eigenvalue weighted by Crippen LogP contribution is 2.30. The first-order valence-electron chi connectivity index (χ1n) is 10.6. The van der Waals surface area contributed by atoms with Gasteiger partial charge < -0.3 is 5.32 Å². The van der Waals surface area contributed by atoms with E-state index in [1.165, 1.54) is 30.2 Å². The zero-order valence-corrected chi connectivity index (χ0v) is 21.1. The number of amides is 1. The van der Waals surface area contributed by atoms with Crippen molar-refractivity contribution < 1.29 is 13.2 Å². The fraction of sp³-hybridized carbons (Fsp3) is 0.348. The SMILES string of the molecule is CC[C@@H](C)NC(=O)CSc1nnc(-c2cccc(S(=O)(=O)N(C)C)c2)n1-c1cccc(C)c1. The quantitative estimate of drug-likeness (QED) is 0.464. The van der Waals surface area contributed by atoms with Gasteiger partial charge in [-0.2, -0.15) is 0 Å². The monoisotopic (exact) mass is 487 g/mol. The van der Waals surface area contributed by atoms with Gasteiger partial charge in [-0.25, -0.2) is 12.7 Å². The molecule has 1 heterocycles. The Labute approximate surface area is 199 Å². The summed E-state index contributed by atoms with van der Waals surface area (Å²) in [6.45, 7) is 5.97. The molecule has 0 saturated carbocycles. The Kier molecular flexibility index (Phi) is 7.93. The normalized spacial score (nSPS) is 12.7. The molecule has 0 fully saturated rings. The zero-order valence-electron chi connectivity index (χ0n) is 19.4. The van der Waals surface area contributed by atoms with Crippen LogP contribution in [0.15, 0.2) is 58.6 Å². The first-order valence-corrected chi connectivity index (χ1v) is 13.0. The molecule has 0 aliphatic carbocycles. The van der Waals surface area contributed by atoms with E-state index in [1.807, 2.05) is 49.6 Å². The van der Waals surface area contributed by atoms with Gasteiger partial charge in [0.25, 0.3) is 0 Å². The lowest BCUT2D eigenvalue weighted by Gasteiger charge is -2.14. The molecular formula is C23H29N5O3S2. The van der Waals surface area contributed by atoms with Crippen LogP contribution in [0.2, 0.25) is 0 Å².